The molecular formula is C16H24ClN3O2S. The minimum absolute atomic E-state index is 0.173. The predicted molar refractivity (Wildman–Crippen MR) is 96.1 cm³/mol. The van der Waals surface area contributed by atoms with E-state index in [0.29, 0.717) is 17.3 Å². The maximum absolute atomic E-state index is 12.2. The number of benzene rings is 1. The summed E-state index contributed by atoms with van der Waals surface area (Å²) in [5.41, 5.74) is 1.01. The summed E-state index contributed by atoms with van der Waals surface area (Å²) in [7, 11) is 3.88. The van der Waals surface area contributed by atoms with E-state index in [9.17, 15) is 9.59 Å². The van der Waals surface area contributed by atoms with Gasteiger partial charge in [-0.3, -0.25) is 9.59 Å². The van der Waals surface area contributed by atoms with Gasteiger partial charge in [-0.05, 0) is 38.7 Å². The molecule has 0 aliphatic heterocycles. The van der Waals surface area contributed by atoms with Gasteiger partial charge in [-0.25, -0.2) is 0 Å². The third kappa shape index (κ3) is 7.72. The van der Waals surface area contributed by atoms with E-state index < -0.39 is 6.04 Å². The van der Waals surface area contributed by atoms with Gasteiger partial charge in [-0.2, -0.15) is 0 Å². The number of nitrogens with zero attached hydrogens (tertiary/aromatic N) is 1. The van der Waals surface area contributed by atoms with Gasteiger partial charge in [0.25, 0.3) is 0 Å². The van der Waals surface area contributed by atoms with Crippen LogP contribution in [0, 0.1) is 6.92 Å². The second kappa shape index (κ2) is 9.80. The molecule has 0 bridgehead atoms. The molecule has 0 aliphatic rings. The molecule has 1 aromatic carbocycles. The maximum atomic E-state index is 12.2. The Bertz CT molecular complexity index is 552. The zero-order valence-electron chi connectivity index (χ0n) is 14.0. The van der Waals surface area contributed by atoms with Crippen molar-refractivity contribution in [2.24, 2.45) is 0 Å². The zero-order chi connectivity index (χ0) is 17.4. The van der Waals surface area contributed by atoms with Gasteiger partial charge in [0.15, 0.2) is 0 Å². The molecule has 1 atom stereocenters. The van der Waals surface area contributed by atoms with Gasteiger partial charge in [-0.15, -0.1) is 11.8 Å². The molecule has 23 heavy (non-hydrogen) atoms. The van der Waals surface area contributed by atoms with Crippen molar-refractivity contribution < 1.29 is 9.59 Å². The van der Waals surface area contributed by atoms with Crippen molar-refractivity contribution in [3.8, 4) is 0 Å². The van der Waals surface area contributed by atoms with Crippen LogP contribution in [0.5, 0.6) is 0 Å². The van der Waals surface area contributed by atoms with Gasteiger partial charge in [0.05, 0.1) is 0 Å². The fourth-order valence-electron chi connectivity index (χ4n) is 1.80. The maximum Gasteiger partial charge on any atom is 0.243 e. The van der Waals surface area contributed by atoms with Crippen LogP contribution in [0.25, 0.3) is 0 Å². The van der Waals surface area contributed by atoms with E-state index in [0.717, 1.165) is 17.0 Å². The first kappa shape index (κ1) is 19.8. The lowest BCUT2D eigenvalue weighted by Gasteiger charge is -2.18. The first-order chi connectivity index (χ1) is 10.8. The number of rotatable bonds is 8. The molecule has 2 amide bonds. The Balaban J connectivity index is 2.61. The summed E-state index contributed by atoms with van der Waals surface area (Å²) >= 11 is 7.60. The lowest BCUT2D eigenvalue weighted by atomic mass is 10.2. The van der Waals surface area contributed by atoms with Crippen LogP contribution < -0.4 is 10.6 Å². The van der Waals surface area contributed by atoms with Crippen molar-refractivity contribution in [1.82, 2.24) is 15.5 Å². The summed E-state index contributed by atoms with van der Waals surface area (Å²) in [6.45, 7) is 4.64. The van der Waals surface area contributed by atoms with Gasteiger partial charge >= 0.3 is 0 Å². The number of aryl methyl sites for hydroxylation is 1. The molecule has 1 rings (SSSR count). The van der Waals surface area contributed by atoms with Gasteiger partial charge in [0.1, 0.15) is 6.04 Å². The van der Waals surface area contributed by atoms with Crippen LogP contribution in [0.2, 0.25) is 5.02 Å². The van der Waals surface area contributed by atoms with Crippen LogP contribution in [0.15, 0.2) is 23.1 Å². The number of thioether (sulfide) groups is 1. The quantitative estimate of drug-likeness (QED) is 0.698. The molecule has 7 heteroatoms. The van der Waals surface area contributed by atoms with Gasteiger partial charge in [0, 0.05) is 35.7 Å². The molecule has 1 aromatic rings. The number of hydrogen-bond donors (Lipinski definition) is 2. The Kier molecular flexibility index (Phi) is 8.44. The molecular weight excluding hydrogens is 334 g/mol. The Hall–Kier alpha value is -1.24. The number of carbonyl (C=O) groups is 2. The lowest BCUT2D eigenvalue weighted by molar-refractivity contribution is -0.127. The summed E-state index contributed by atoms with van der Waals surface area (Å²) in [5, 5.41) is 6.23. The van der Waals surface area contributed by atoms with Crippen LogP contribution in [-0.4, -0.2) is 55.7 Å². The molecule has 2 N–H and O–H groups in total. The first-order valence-electron chi connectivity index (χ1n) is 7.38. The Labute approximate surface area is 147 Å². The highest BCUT2D eigenvalue weighted by Gasteiger charge is 2.19. The molecule has 0 heterocycles. The molecule has 0 aliphatic carbocycles. The highest BCUT2D eigenvalue weighted by Crippen LogP contribution is 2.25. The van der Waals surface area contributed by atoms with E-state index in [-0.39, 0.29) is 11.8 Å². The van der Waals surface area contributed by atoms with Crippen molar-refractivity contribution in [3.05, 3.63) is 28.8 Å². The van der Waals surface area contributed by atoms with E-state index >= 15 is 0 Å². The standard InChI is InChI=1S/C16H24ClN3O2S/c1-11-5-6-13(9-14(11)17)23-10-15(19-12(2)21)16(22)18-7-8-20(3)4/h5-6,9,15H,7-8,10H2,1-4H3,(H,18,22)(H,19,21). The Morgan fingerprint density at radius 3 is 2.61 bits per heavy atom. The van der Waals surface area contributed by atoms with E-state index in [1.54, 1.807) is 0 Å². The SMILES string of the molecule is CC(=O)NC(CSc1ccc(C)c(Cl)c1)C(=O)NCCN(C)C. The van der Waals surface area contributed by atoms with Crippen molar-refractivity contribution in [1.29, 1.82) is 0 Å². The van der Waals surface area contributed by atoms with Crippen LogP contribution in [0.4, 0.5) is 0 Å². The minimum atomic E-state index is -0.570. The number of carbonyl (C=O) groups excluding carboxylic acids is 2. The molecule has 128 valence electrons. The third-order valence-electron chi connectivity index (χ3n) is 3.11. The molecule has 0 spiro atoms. The van der Waals surface area contributed by atoms with Crippen molar-refractivity contribution in [2.75, 3.05) is 32.9 Å². The van der Waals surface area contributed by atoms with Crippen LogP contribution >= 0.6 is 23.4 Å². The van der Waals surface area contributed by atoms with Crippen molar-refractivity contribution in [3.63, 3.8) is 0 Å². The van der Waals surface area contributed by atoms with E-state index in [4.69, 9.17) is 11.6 Å². The lowest BCUT2D eigenvalue weighted by Crippen LogP contribution is -2.48. The molecule has 1 unspecified atom stereocenters. The Morgan fingerprint density at radius 1 is 1.35 bits per heavy atom. The molecule has 5 nitrogen and oxygen atoms in total. The monoisotopic (exact) mass is 357 g/mol. The van der Waals surface area contributed by atoms with Crippen LogP contribution in [-0.2, 0) is 9.59 Å². The summed E-state index contributed by atoms with van der Waals surface area (Å²) in [4.78, 5) is 26.5. The summed E-state index contributed by atoms with van der Waals surface area (Å²) in [5.74, 6) is 0.0558. The summed E-state index contributed by atoms with van der Waals surface area (Å²) in [6, 6.07) is 5.20. The largest absolute Gasteiger partial charge is 0.353 e. The second-order valence-electron chi connectivity index (χ2n) is 5.57. The topological polar surface area (TPSA) is 61.4 Å². The van der Waals surface area contributed by atoms with E-state index in [1.807, 2.05) is 44.1 Å². The molecule has 0 saturated heterocycles. The second-order valence-corrected chi connectivity index (χ2v) is 7.07. The van der Waals surface area contributed by atoms with Gasteiger partial charge in [-0.1, -0.05) is 17.7 Å². The number of nitrogens with one attached hydrogen (secondary N) is 2. The van der Waals surface area contributed by atoms with Crippen molar-refractivity contribution >= 4 is 35.2 Å². The summed E-state index contributed by atoms with van der Waals surface area (Å²) in [6.07, 6.45) is 0. The fraction of sp³-hybridized carbons (Fsp3) is 0.500. The Morgan fingerprint density at radius 2 is 2.04 bits per heavy atom. The molecule has 0 saturated carbocycles. The number of halogens is 1. The fourth-order valence-corrected chi connectivity index (χ4v) is 3.00. The highest BCUT2D eigenvalue weighted by atomic mass is 35.5. The normalized spacial score (nSPS) is 12.1. The zero-order valence-corrected chi connectivity index (χ0v) is 15.6. The molecule has 0 fully saturated rings. The highest BCUT2D eigenvalue weighted by molar-refractivity contribution is 7.99. The summed E-state index contributed by atoms with van der Waals surface area (Å²) < 4.78 is 0. The van der Waals surface area contributed by atoms with E-state index in [2.05, 4.69) is 10.6 Å². The minimum Gasteiger partial charge on any atom is -0.353 e. The average molecular weight is 358 g/mol. The average Bonchev–Trinajstić information content (AvgIpc) is 2.46. The third-order valence-corrected chi connectivity index (χ3v) is 4.61. The molecule has 0 aromatic heterocycles. The number of amides is 2. The van der Waals surface area contributed by atoms with Crippen LogP contribution in [0.1, 0.15) is 12.5 Å². The first-order valence-corrected chi connectivity index (χ1v) is 8.74. The predicted octanol–water partition coefficient (Wildman–Crippen LogP) is 1.92. The van der Waals surface area contributed by atoms with E-state index in [1.165, 1.54) is 18.7 Å². The molecule has 0 radical (unpaired) electrons. The smallest absolute Gasteiger partial charge is 0.243 e. The van der Waals surface area contributed by atoms with Gasteiger partial charge < -0.3 is 15.5 Å². The van der Waals surface area contributed by atoms with Crippen LogP contribution in [0.3, 0.4) is 0 Å². The van der Waals surface area contributed by atoms with Crippen molar-refractivity contribution in [2.45, 2.75) is 24.8 Å². The number of hydrogen-bond acceptors (Lipinski definition) is 4. The number of likely N-dealkylation sites (N-methyl/N-ethyl adjacent to an activating group) is 1. The van der Waals surface area contributed by atoms with Gasteiger partial charge in [0.2, 0.25) is 11.8 Å².